The summed E-state index contributed by atoms with van der Waals surface area (Å²) in [6, 6.07) is 16.7. The van der Waals surface area contributed by atoms with E-state index in [0.717, 1.165) is 12.1 Å². The molecule has 3 rings (SSSR count). The molecule has 0 saturated heterocycles. The highest BCUT2D eigenvalue weighted by Crippen LogP contribution is 2.24. The second-order valence-electron chi connectivity index (χ2n) is 6.61. The first-order valence-corrected chi connectivity index (χ1v) is 9.77. The van der Waals surface area contributed by atoms with Crippen molar-refractivity contribution in [2.24, 2.45) is 0 Å². The highest BCUT2D eigenvalue weighted by Gasteiger charge is 2.19. The molecule has 146 valence electrons. The SMILES string of the molecule is CN(C)CCN(Cc1ccccc1)C(=O)c1ccc(NC(=O)c2ccco2)s1. The van der Waals surface area contributed by atoms with E-state index in [4.69, 9.17) is 4.42 Å². The Kier molecular flexibility index (Phi) is 6.62. The number of nitrogens with zero attached hydrogens (tertiary/aromatic N) is 2. The van der Waals surface area contributed by atoms with E-state index in [1.54, 1.807) is 24.3 Å². The molecule has 1 N–H and O–H groups in total. The number of likely N-dealkylation sites (N-methyl/N-ethyl adjacent to an activating group) is 1. The predicted octanol–water partition coefficient (Wildman–Crippen LogP) is 3.80. The van der Waals surface area contributed by atoms with Crippen molar-refractivity contribution in [3.05, 3.63) is 77.1 Å². The third-order valence-corrected chi connectivity index (χ3v) is 5.11. The fourth-order valence-electron chi connectivity index (χ4n) is 2.63. The number of furan rings is 1. The van der Waals surface area contributed by atoms with Gasteiger partial charge >= 0.3 is 0 Å². The van der Waals surface area contributed by atoms with Crippen molar-refractivity contribution in [3.8, 4) is 0 Å². The lowest BCUT2D eigenvalue weighted by atomic mass is 10.2. The number of carbonyl (C=O) groups excluding carboxylic acids is 2. The Bertz CT molecular complexity index is 904. The molecule has 0 spiro atoms. The summed E-state index contributed by atoms with van der Waals surface area (Å²) in [5, 5.41) is 3.37. The van der Waals surface area contributed by atoms with Crippen molar-refractivity contribution in [1.29, 1.82) is 0 Å². The minimum absolute atomic E-state index is 0.0470. The summed E-state index contributed by atoms with van der Waals surface area (Å²) in [6.45, 7) is 1.93. The number of anilines is 1. The van der Waals surface area contributed by atoms with Crippen LogP contribution in [-0.4, -0.2) is 48.8 Å². The summed E-state index contributed by atoms with van der Waals surface area (Å²) in [5.41, 5.74) is 1.08. The number of benzene rings is 1. The van der Waals surface area contributed by atoms with Crippen LogP contribution in [0.5, 0.6) is 0 Å². The van der Waals surface area contributed by atoms with Crippen molar-refractivity contribution < 1.29 is 14.0 Å². The van der Waals surface area contributed by atoms with Crippen LogP contribution < -0.4 is 5.32 Å². The topological polar surface area (TPSA) is 65.8 Å². The maximum Gasteiger partial charge on any atom is 0.291 e. The Labute approximate surface area is 168 Å². The standard InChI is InChI=1S/C21H23N3O3S/c1-23(2)12-13-24(15-16-7-4-3-5-8-16)21(26)18-10-11-19(28-18)22-20(25)17-9-6-14-27-17/h3-11,14H,12-13,15H2,1-2H3,(H,22,25). The molecule has 0 atom stereocenters. The van der Waals surface area contributed by atoms with Crippen molar-refractivity contribution in [1.82, 2.24) is 9.80 Å². The Morgan fingerprint density at radius 3 is 2.46 bits per heavy atom. The molecule has 3 aromatic rings. The van der Waals surface area contributed by atoms with Crippen LogP contribution in [0.25, 0.3) is 0 Å². The predicted molar refractivity (Wildman–Crippen MR) is 111 cm³/mol. The van der Waals surface area contributed by atoms with Crippen LogP contribution in [0.1, 0.15) is 25.8 Å². The quantitative estimate of drug-likeness (QED) is 0.628. The molecule has 0 bridgehead atoms. The number of thiophene rings is 1. The van der Waals surface area contributed by atoms with Gasteiger partial charge in [0.15, 0.2) is 5.76 Å². The normalized spacial score (nSPS) is 10.8. The number of hydrogen-bond donors (Lipinski definition) is 1. The molecule has 1 aromatic carbocycles. The van der Waals surface area contributed by atoms with Gasteiger partial charge in [-0.2, -0.15) is 0 Å². The van der Waals surface area contributed by atoms with Gasteiger partial charge in [0.25, 0.3) is 11.8 Å². The van der Waals surface area contributed by atoms with Crippen molar-refractivity contribution in [2.45, 2.75) is 6.54 Å². The minimum atomic E-state index is -0.334. The first kappa shape index (κ1) is 19.9. The third kappa shape index (κ3) is 5.31. The molecule has 0 saturated carbocycles. The lowest BCUT2D eigenvalue weighted by Gasteiger charge is -2.24. The molecule has 2 aromatic heterocycles. The summed E-state index contributed by atoms with van der Waals surface area (Å²) >= 11 is 1.26. The fraction of sp³-hybridized carbons (Fsp3) is 0.238. The summed E-state index contributed by atoms with van der Waals surface area (Å²) in [4.78, 5) is 29.7. The number of rotatable bonds is 8. The molecule has 2 heterocycles. The molecule has 0 aliphatic carbocycles. The van der Waals surface area contributed by atoms with Gasteiger partial charge in [-0.3, -0.25) is 9.59 Å². The number of carbonyl (C=O) groups is 2. The van der Waals surface area contributed by atoms with Gasteiger partial charge in [-0.15, -0.1) is 11.3 Å². The van der Waals surface area contributed by atoms with Gasteiger partial charge in [-0.05, 0) is 43.9 Å². The average molecular weight is 398 g/mol. The molecule has 2 amide bonds. The molecule has 0 fully saturated rings. The summed E-state index contributed by atoms with van der Waals surface area (Å²) in [5.74, 6) is -0.147. The number of amides is 2. The van der Waals surface area contributed by atoms with Gasteiger partial charge < -0.3 is 19.5 Å². The minimum Gasteiger partial charge on any atom is -0.459 e. The van der Waals surface area contributed by atoms with Gasteiger partial charge in [0.2, 0.25) is 0 Å². The van der Waals surface area contributed by atoms with Crippen LogP contribution in [0.15, 0.2) is 65.3 Å². The van der Waals surface area contributed by atoms with Crippen molar-refractivity contribution in [2.75, 3.05) is 32.5 Å². The maximum absolute atomic E-state index is 13.1. The Hall–Kier alpha value is -2.90. The van der Waals surface area contributed by atoms with E-state index < -0.39 is 0 Å². The first-order valence-electron chi connectivity index (χ1n) is 8.95. The van der Waals surface area contributed by atoms with Crippen molar-refractivity contribution >= 4 is 28.2 Å². The second-order valence-corrected chi connectivity index (χ2v) is 7.69. The van der Waals surface area contributed by atoms with E-state index in [1.165, 1.54) is 17.6 Å². The molecule has 0 unspecified atom stereocenters. The fourth-order valence-corrected chi connectivity index (χ4v) is 3.50. The third-order valence-electron chi connectivity index (χ3n) is 4.12. The Balaban J connectivity index is 1.71. The lowest BCUT2D eigenvalue weighted by molar-refractivity contribution is 0.0736. The van der Waals surface area contributed by atoms with Gasteiger partial charge in [0.05, 0.1) is 16.1 Å². The molecule has 0 aliphatic rings. The van der Waals surface area contributed by atoms with Crippen molar-refractivity contribution in [3.63, 3.8) is 0 Å². The molecular weight excluding hydrogens is 374 g/mol. The zero-order chi connectivity index (χ0) is 19.9. The monoisotopic (exact) mass is 397 g/mol. The Morgan fingerprint density at radius 1 is 1.00 bits per heavy atom. The molecule has 0 aliphatic heterocycles. The van der Waals surface area contributed by atoms with Gasteiger partial charge in [0.1, 0.15) is 0 Å². The van der Waals surface area contributed by atoms with E-state index in [2.05, 4.69) is 10.2 Å². The van der Waals surface area contributed by atoms with Crippen LogP contribution in [0.3, 0.4) is 0 Å². The Morgan fingerprint density at radius 2 is 1.79 bits per heavy atom. The average Bonchev–Trinajstić information content (AvgIpc) is 3.37. The molecule has 6 nitrogen and oxygen atoms in total. The van der Waals surface area contributed by atoms with Crippen LogP contribution in [-0.2, 0) is 6.54 Å². The van der Waals surface area contributed by atoms with Crippen LogP contribution in [0.2, 0.25) is 0 Å². The maximum atomic E-state index is 13.1. The highest BCUT2D eigenvalue weighted by atomic mass is 32.1. The van der Waals surface area contributed by atoms with Crippen LogP contribution >= 0.6 is 11.3 Å². The van der Waals surface area contributed by atoms with Gasteiger partial charge in [-0.1, -0.05) is 30.3 Å². The van der Waals surface area contributed by atoms with Gasteiger partial charge in [0, 0.05) is 19.6 Å². The number of hydrogen-bond acceptors (Lipinski definition) is 5. The molecule has 7 heteroatoms. The summed E-state index contributed by atoms with van der Waals surface area (Å²) < 4.78 is 5.09. The van der Waals surface area contributed by atoms with Gasteiger partial charge in [-0.25, -0.2) is 0 Å². The first-order chi connectivity index (χ1) is 13.5. The largest absolute Gasteiger partial charge is 0.459 e. The van der Waals surface area contributed by atoms with E-state index in [0.29, 0.717) is 23.0 Å². The molecule has 0 radical (unpaired) electrons. The second kappa shape index (κ2) is 9.34. The zero-order valence-corrected chi connectivity index (χ0v) is 16.7. The van der Waals surface area contributed by atoms with Crippen LogP contribution in [0, 0.1) is 0 Å². The highest BCUT2D eigenvalue weighted by molar-refractivity contribution is 7.18. The van der Waals surface area contributed by atoms with E-state index in [-0.39, 0.29) is 17.6 Å². The summed E-state index contributed by atoms with van der Waals surface area (Å²) in [6.07, 6.45) is 1.45. The van der Waals surface area contributed by atoms with E-state index in [9.17, 15) is 9.59 Å². The number of nitrogens with one attached hydrogen (secondary N) is 1. The molecule has 28 heavy (non-hydrogen) atoms. The lowest BCUT2D eigenvalue weighted by Crippen LogP contribution is -2.35. The van der Waals surface area contributed by atoms with Crippen LogP contribution in [0.4, 0.5) is 5.00 Å². The molecular formula is C21H23N3O3S. The summed E-state index contributed by atoms with van der Waals surface area (Å²) in [7, 11) is 3.97. The zero-order valence-electron chi connectivity index (χ0n) is 15.9. The van der Waals surface area contributed by atoms with E-state index in [1.807, 2.05) is 49.3 Å². The smallest absolute Gasteiger partial charge is 0.291 e. The van der Waals surface area contributed by atoms with E-state index >= 15 is 0 Å².